The maximum absolute atomic E-state index is 12.8. The molecule has 0 fully saturated rings. The Labute approximate surface area is 146 Å². The summed E-state index contributed by atoms with van der Waals surface area (Å²) in [4.78, 5) is 19.2. The Morgan fingerprint density at radius 1 is 1.08 bits per heavy atom. The lowest BCUT2D eigenvalue weighted by Gasteiger charge is -2.10. The number of nitrogens with one attached hydrogen (secondary N) is 1. The maximum atomic E-state index is 12.8. The molecule has 0 aliphatic heterocycles. The summed E-state index contributed by atoms with van der Waals surface area (Å²) in [7, 11) is 2.91. The molecule has 0 aliphatic carbocycles. The highest BCUT2D eigenvalue weighted by Gasteiger charge is 2.30. The normalized spacial score (nSPS) is 11.6. The first-order chi connectivity index (χ1) is 12.3. The van der Waals surface area contributed by atoms with Crippen molar-refractivity contribution in [3.8, 4) is 11.5 Å². The van der Waals surface area contributed by atoms with Gasteiger partial charge < -0.3 is 14.5 Å². The zero-order valence-electron chi connectivity index (χ0n) is 14.0. The van der Waals surface area contributed by atoms with E-state index in [2.05, 4.69) is 9.97 Å². The van der Waals surface area contributed by atoms with E-state index in [1.54, 1.807) is 12.1 Å². The average Bonchev–Trinajstić information content (AvgIpc) is 2.60. The van der Waals surface area contributed by atoms with Gasteiger partial charge in [0.15, 0.2) is 11.5 Å². The summed E-state index contributed by atoms with van der Waals surface area (Å²) < 4.78 is 48.9. The molecular formula is C18H15F3N2O3. The van der Waals surface area contributed by atoms with Crippen LogP contribution in [-0.4, -0.2) is 24.2 Å². The van der Waals surface area contributed by atoms with Crippen LogP contribution in [0.4, 0.5) is 13.2 Å². The topological polar surface area (TPSA) is 64.2 Å². The fourth-order valence-corrected chi connectivity index (χ4v) is 2.65. The van der Waals surface area contributed by atoms with Crippen LogP contribution in [0.25, 0.3) is 10.9 Å². The van der Waals surface area contributed by atoms with Crippen molar-refractivity contribution in [1.29, 1.82) is 0 Å². The Bertz CT molecular complexity index is 1010. The Kier molecular flexibility index (Phi) is 4.58. The van der Waals surface area contributed by atoms with Gasteiger partial charge in [-0.1, -0.05) is 18.2 Å². The minimum absolute atomic E-state index is 0.0590. The number of benzene rings is 2. The van der Waals surface area contributed by atoms with Gasteiger partial charge in [0.05, 0.1) is 30.7 Å². The maximum Gasteiger partial charge on any atom is 0.416 e. The van der Waals surface area contributed by atoms with E-state index in [1.807, 2.05) is 0 Å². The molecule has 0 saturated carbocycles. The molecule has 5 nitrogen and oxygen atoms in total. The summed E-state index contributed by atoms with van der Waals surface area (Å²) in [6.07, 6.45) is -4.37. The third-order valence-electron chi connectivity index (χ3n) is 3.89. The molecule has 0 spiro atoms. The summed E-state index contributed by atoms with van der Waals surface area (Å²) in [6.45, 7) is 0. The van der Waals surface area contributed by atoms with Crippen molar-refractivity contribution in [3.05, 3.63) is 63.7 Å². The molecular weight excluding hydrogens is 349 g/mol. The Morgan fingerprint density at radius 2 is 1.77 bits per heavy atom. The van der Waals surface area contributed by atoms with Crippen LogP contribution in [0.2, 0.25) is 0 Å². The molecule has 2 aromatic carbocycles. The quantitative estimate of drug-likeness (QED) is 0.769. The highest BCUT2D eigenvalue weighted by Crippen LogP contribution is 2.31. The molecule has 3 aromatic rings. The summed E-state index contributed by atoms with van der Waals surface area (Å²) in [5.41, 5.74) is -0.390. The van der Waals surface area contributed by atoms with Gasteiger partial charge in [-0.2, -0.15) is 13.2 Å². The molecule has 26 heavy (non-hydrogen) atoms. The monoisotopic (exact) mass is 364 g/mol. The average molecular weight is 364 g/mol. The number of aromatic nitrogens is 2. The number of methoxy groups -OCH3 is 2. The van der Waals surface area contributed by atoms with E-state index in [4.69, 9.17) is 9.47 Å². The van der Waals surface area contributed by atoms with Crippen molar-refractivity contribution in [2.75, 3.05) is 14.2 Å². The molecule has 3 rings (SSSR count). The zero-order chi connectivity index (χ0) is 18.9. The van der Waals surface area contributed by atoms with Gasteiger partial charge in [0.2, 0.25) is 0 Å². The number of ether oxygens (including phenoxy) is 2. The second-order valence-corrected chi connectivity index (χ2v) is 5.61. The fraction of sp³-hybridized carbons (Fsp3) is 0.222. The summed E-state index contributed by atoms with van der Waals surface area (Å²) in [6, 6.07) is 7.97. The molecule has 1 heterocycles. The van der Waals surface area contributed by atoms with Crippen molar-refractivity contribution in [2.24, 2.45) is 0 Å². The lowest BCUT2D eigenvalue weighted by Crippen LogP contribution is -2.13. The van der Waals surface area contributed by atoms with Gasteiger partial charge in [-0.3, -0.25) is 4.79 Å². The van der Waals surface area contributed by atoms with Crippen molar-refractivity contribution < 1.29 is 22.6 Å². The van der Waals surface area contributed by atoms with Crippen molar-refractivity contribution in [3.63, 3.8) is 0 Å². The van der Waals surface area contributed by atoms with Gasteiger partial charge in [-0.25, -0.2) is 4.98 Å². The lowest BCUT2D eigenvalue weighted by molar-refractivity contribution is -0.137. The molecule has 0 unspecified atom stereocenters. The van der Waals surface area contributed by atoms with E-state index in [9.17, 15) is 18.0 Å². The molecule has 0 saturated heterocycles. The Balaban J connectivity index is 2.03. The number of H-pyrrole nitrogens is 1. The van der Waals surface area contributed by atoms with Crippen LogP contribution in [-0.2, 0) is 12.6 Å². The molecule has 0 radical (unpaired) electrons. The van der Waals surface area contributed by atoms with E-state index < -0.39 is 17.3 Å². The summed E-state index contributed by atoms with van der Waals surface area (Å²) >= 11 is 0. The number of aromatic amines is 1. The highest BCUT2D eigenvalue weighted by molar-refractivity contribution is 5.81. The number of fused-ring (bicyclic) bond motifs is 1. The smallest absolute Gasteiger partial charge is 0.416 e. The SMILES string of the molecule is COc1cc2nc(Cc3cccc(C(F)(F)F)c3)[nH]c(=O)c2cc1OC. The van der Waals surface area contributed by atoms with E-state index in [1.165, 1.54) is 26.4 Å². The van der Waals surface area contributed by atoms with Crippen molar-refractivity contribution >= 4 is 10.9 Å². The number of hydrogen-bond acceptors (Lipinski definition) is 4. The molecule has 0 aliphatic rings. The second-order valence-electron chi connectivity index (χ2n) is 5.61. The van der Waals surface area contributed by atoms with Crippen molar-refractivity contribution in [2.45, 2.75) is 12.6 Å². The van der Waals surface area contributed by atoms with Gasteiger partial charge in [0.25, 0.3) is 5.56 Å². The molecule has 1 N–H and O–H groups in total. The summed E-state index contributed by atoms with van der Waals surface area (Å²) in [5.74, 6) is 1.05. The number of alkyl halides is 3. The van der Waals surface area contributed by atoms with Crippen LogP contribution >= 0.6 is 0 Å². The van der Waals surface area contributed by atoms with E-state index in [-0.39, 0.29) is 12.2 Å². The number of rotatable bonds is 4. The molecule has 8 heteroatoms. The predicted molar refractivity (Wildman–Crippen MR) is 89.7 cm³/mol. The first-order valence-corrected chi connectivity index (χ1v) is 7.63. The first kappa shape index (κ1) is 17.8. The Hall–Kier alpha value is -3.03. The third kappa shape index (κ3) is 3.49. The molecule has 0 amide bonds. The Morgan fingerprint density at radius 3 is 2.42 bits per heavy atom. The van der Waals surface area contributed by atoms with Crippen LogP contribution in [0.1, 0.15) is 17.0 Å². The van der Waals surface area contributed by atoms with E-state index in [0.29, 0.717) is 28.0 Å². The van der Waals surface area contributed by atoms with Crippen LogP contribution < -0.4 is 15.0 Å². The summed E-state index contributed by atoms with van der Waals surface area (Å²) in [5, 5.41) is 0.301. The zero-order valence-corrected chi connectivity index (χ0v) is 14.0. The number of nitrogens with zero attached hydrogens (tertiary/aromatic N) is 1. The third-order valence-corrected chi connectivity index (χ3v) is 3.89. The minimum Gasteiger partial charge on any atom is -0.493 e. The van der Waals surface area contributed by atoms with Gasteiger partial charge in [-0.05, 0) is 17.7 Å². The van der Waals surface area contributed by atoms with Gasteiger partial charge in [0, 0.05) is 12.5 Å². The number of halogens is 3. The van der Waals surface area contributed by atoms with Crippen LogP contribution in [0.3, 0.4) is 0 Å². The highest BCUT2D eigenvalue weighted by atomic mass is 19.4. The van der Waals surface area contributed by atoms with E-state index >= 15 is 0 Å². The lowest BCUT2D eigenvalue weighted by atomic mass is 10.1. The number of hydrogen-bond donors (Lipinski definition) is 1. The molecule has 0 bridgehead atoms. The first-order valence-electron chi connectivity index (χ1n) is 7.63. The van der Waals surface area contributed by atoms with Crippen LogP contribution in [0.15, 0.2) is 41.2 Å². The van der Waals surface area contributed by atoms with Crippen LogP contribution in [0, 0.1) is 0 Å². The molecule has 0 atom stereocenters. The van der Waals surface area contributed by atoms with E-state index in [0.717, 1.165) is 12.1 Å². The van der Waals surface area contributed by atoms with Crippen LogP contribution in [0.5, 0.6) is 11.5 Å². The minimum atomic E-state index is -4.43. The van der Waals surface area contributed by atoms with Crippen molar-refractivity contribution in [1.82, 2.24) is 9.97 Å². The van der Waals surface area contributed by atoms with Gasteiger partial charge >= 0.3 is 6.18 Å². The predicted octanol–water partition coefficient (Wildman–Crippen LogP) is 3.55. The second kappa shape index (κ2) is 6.70. The fourth-order valence-electron chi connectivity index (χ4n) is 2.65. The molecule has 1 aromatic heterocycles. The largest absolute Gasteiger partial charge is 0.493 e. The van der Waals surface area contributed by atoms with Gasteiger partial charge in [0.1, 0.15) is 5.82 Å². The standard InChI is InChI=1S/C18H15F3N2O3/c1-25-14-8-12-13(9-15(14)26-2)22-16(23-17(12)24)7-10-4-3-5-11(6-10)18(19,20)21/h3-6,8-9H,7H2,1-2H3,(H,22,23,24). The molecule has 136 valence electrons. The van der Waals surface area contributed by atoms with Gasteiger partial charge in [-0.15, -0.1) is 0 Å².